The molecule has 0 spiro atoms. The summed E-state index contributed by atoms with van der Waals surface area (Å²) < 4.78 is 9.80. The van der Waals surface area contributed by atoms with Gasteiger partial charge >= 0.3 is 6.16 Å². The molecule has 1 aromatic carbocycles. The van der Waals surface area contributed by atoms with Gasteiger partial charge in [0, 0.05) is 6.54 Å². The molecule has 0 unspecified atom stereocenters. The fourth-order valence-corrected chi connectivity index (χ4v) is 0.911. The van der Waals surface area contributed by atoms with Gasteiger partial charge in [0.15, 0.2) is 0 Å². The molecule has 0 radical (unpaired) electrons. The summed E-state index contributed by atoms with van der Waals surface area (Å²) in [5.74, 6) is 1.01. The molecule has 6 nitrogen and oxygen atoms in total. The minimum Gasteiger partial charge on any atom is -0.497 e. The molecular formula is C11H14N2O4. The second-order valence-corrected chi connectivity index (χ2v) is 3.15. The number of hydrogen-bond donors (Lipinski definition) is 1. The molecule has 0 saturated carbocycles. The summed E-state index contributed by atoms with van der Waals surface area (Å²) in [7, 11) is 1.55. The lowest BCUT2D eigenvalue weighted by molar-refractivity contribution is 0.102. The highest BCUT2D eigenvalue weighted by molar-refractivity contribution is 5.83. The topological polar surface area (TPSA) is 83.1 Å². The molecule has 0 fully saturated rings. The van der Waals surface area contributed by atoms with Crippen molar-refractivity contribution in [2.75, 3.05) is 13.7 Å². The normalized spacial score (nSPS) is 10.9. The van der Waals surface area contributed by atoms with Gasteiger partial charge in [0.1, 0.15) is 11.5 Å². The molecular weight excluding hydrogens is 224 g/mol. The van der Waals surface area contributed by atoms with Crippen molar-refractivity contribution in [3.8, 4) is 11.5 Å². The number of rotatable bonds is 4. The summed E-state index contributed by atoms with van der Waals surface area (Å²) in [4.78, 5) is 15.6. The van der Waals surface area contributed by atoms with Crippen LogP contribution in [0, 0.1) is 0 Å². The van der Waals surface area contributed by atoms with E-state index < -0.39 is 6.16 Å². The van der Waals surface area contributed by atoms with Crippen LogP contribution < -0.4 is 15.2 Å². The molecule has 0 amide bonds. The first-order valence-electron chi connectivity index (χ1n) is 4.92. The molecule has 1 rings (SSSR count). The Balaban J connectivity index is 2.50. The third kappa shape index (κ3) is 4.52. The molecule has 0 bridgehead atoms. The Hall–Kier alpha value is -2.08. The maximum atomic E-state index is 11.2. The number of nitrogens with zero attached hydrogens (tertiary/aromatic N) is 1. The lowest BCUT2D eigenvalue weighted by Gasteiger charge is -2.03. The van der Waals surface area contributed by atoms with Crippen LogP contribution in [0.2, 0.25) is 0 Å². The Morgan fingerprint density at radius 2 is 1.88 bits per heavy atom. The van der Waals surface area contributed by atoms with Crippen molar-refractivity contribution >= 4 is 11.9 Å². The Labute approximate surface area is 98.9 Å². The van der Waals surface area contributed by atoms with E-state index in [4.69, 9.17) is 15.2 Å². The number of hydrogen-bond acceptors (Lipinski definition) is 6. The van der Waals surface area contributed by atoms with Gasteiger partial charge in [-0.15, -0.1) is 0 Å². The van der Waals surface area contributed by atoms with Gasteiger partial charge in [-0.05, 0) is 31.2 Å². The first kappa shape index (κ1) is 13.0. The Bertz CT molecular complexity index is 400. The van der Waals surface area contributed by atoms with Gasteiger partial charge < -0.3 is 15.2 Å². The van der Waals surface area contributed by atoms with E-state index in [9.17, 15) is 4.79 Å². The average molecular weight is 238 g/mol. The molecule has 0 atom stereocenters. The molecule has 0 saturated heterocycles. The van der Waals surface area contributed by atoms with Crippen LogP contribution in [-0.4, -0.2) is 25.5 Å². The first-order valence-corrected chi connectivity index (χ1v) is 4.92. The molecule has 0 heterocycles. The number of nitrogens with two attached hydrogens (primary N) is 1. The SMILES string of the molecule is COc1ccc(OC(=O)ON=C(C)CN)cc1. The van der Waals surface area contributed by atoms with E-state index in [1.54, 1.807) is 38.3 Å². The van der Waals surface area contributed by atoms with Crippen molar-refractivity contribution in [3.05, 3.63) is 24.3 Å². The van der Waals surface area contributed by atoms with Gasteiger partial charge in [0.2, 0.25) is 0 Å². The summed E-state index contributed by atoms with van der Waals surface area (Å²) in [6, 6.07) is 6.49. The summed E-state index contributed by atoms with van der Waals surface area (Å²) in [6.45, 7) is 1.86. The number of benzene rings is 1. The highest BCUT2D eigenvalue weighted by Crippen LogP contribution is 2.17. The molecule has 1 aromatic rings. The zero-order valence-electron chi connectivity index (χ0n) is 9.67. The highest BCUT2D eigenvalue weighted by atomic mass is 16.8. The maximum absolute atomic E-state index is 11.2. The van der Waals surface area contributed by atoms with Gasteiger partial charge in [0.05, 0.1) is 12.8 Å². The van der Waals surface area contributed by atoms with E-state index in [1.165, 1.54) is 0 Å². The van der Waals surface area contributed by atoms with Crippen LogP contribution in [0.15, 0.2) is 29.4 Å². The van der Waals surface area contributed by atoms with Gasteiger partial charge in [-0.2, -0.15) is 0 Å². The summed E-state index contributed by atoms with van der Waals surface area (Å²) in [5, 5.41) is 3.46. The van der Waals surface area contributed by atoms with Crippen molar-refractivity contribution in [2.24, 2.45) is 10.9 Å². The van der Waals surface area contributed by atoms with Gasteiger partial charge in [-0.25, -0.2) is 4.79 Å². The van der Waals surface area contributed by atoms with Gasteiger partial charge in [0.25, 0.3) is 0 Å². The summed E-state index contributed by atoms with van der Waals surface area (Å²) in [5.41, 5.74) is 5.76. The van der Waals surface area contributed by atoms with Crippen molar-refractivity contribution in [1.29, 1.82) is 0 Å². The molecule has 92 valence electrons. The second-order valence-electron chi connectivity index (χ2n) is 3.15. The van der Waals surface area contributed by atoms with Crippen LogP contribution in [0.1, 0.15) is 6.92 Å². The van der Waals surface area contributed by atoms with Crippen molar-refractivity contribution in [1.82, 2.24) is 0 Å². The fraction of sp³-hybridized carbons (Fsp3) is 0.273. The largest absolute Gasteiger partial charge is 0.540 e. The molecule has 0 aliphatic rings. The smallest absolute Gasteiger partial charge is 0.497 e. The third-order valence-electron chi connectivity index (χ3n) is 1.83. The molecule has 2 N–H and O–H groups in total. The van der Waals surface area contributed by atoms with Crippen LogP contribution in [0.25, 0.3) is 0 Å². The van der Waals surface area contributed by atoms with Crippen LogP contribution in [0.5, 0.6) is 11.5 Å². The van der Waals surface area contributed by atoms with Crippen molar-refractivity contribution in [3.63, 3.8) is 0 Å². The predicted octanol–water partition coefficient (Wildman–Crippen LogP) is 1.55. The number of ether oxygens (including phenoxy) is 2. The van der Waals surface area contributed by atoms with E-state index in [-0.39, 0.29) is 6.54 Å². The minimum atomic E-state index is -0.914. The Kier molecular flexibility index (Phi) is 4.96. The van der Waals surface area contributed by atoms with E-state index in [0.29, 0.717) is 17.2 Å². The summed E-state index contributed by atoms with van der Waals surface area (Å²) in [6.07, 6.45) is -0.914. The van der Waals surface area contributed by atoms with Crippen LogP contribution in [-0.2, 0) is 4.84 Å². The summed E-state index contributed by atoms with van der Waals surface area (Å²) >= 11 is 0. The van der Waals surface area contributed by atoms with Crippen LogP contribution >= 0.6 is 0 Å². The number of carbonyl (C=O) groups is 1. The molecule has 0 aromatic heterocycles. The lowest BCUT2D eigenvalue weighted by atomic mass is 10.3. The standard InChI is InChI=1S/C11H14N2O4/c1-8(7-12)13-17-11(14)16-10-5-3-9(15-2)4-6-10/h3-6H,7,12H2,1-2H3. The fourth-order valence-electron chi connectivity index (χ4n) is 0.911. The quantitative estimate of drug-likeness (QED) is 0.283. The number of carbonyl (C=O) groups excluding carboxylic acids is 1. The lowest BCUT2D eigenvalue weighted by Crippen LogP contribution is -2.13. The van der Waals surface area contributed by atoms with Crippen molar-refractivity contribution in [2.45, 2.75) is 6.92 Å². The maximum Gasteiger partial charge on any atom is 0.540 e. The average Bonchev–Trinajstić information content (AvgIpc) is 2.36. The molecule has 0 aliphatic heterocycles. The molecule has 6 heteroatoms. The number of oxime groups is 1. The van der Waals surface area contributed by atoms with Crippen LogP contribution in [0.4, 0.5) is 4.79 Å². The van der Waals surface area contributed by atoms with Gasteiger partial charge in [-0.1, -0.05) is 5.16 Å². The zero-order chi connectivity index (χ0) is 12.7. The Morgan fingerprint density at radius 1 is 1.29 bits per heavy atom. The van der Waals surface area contributed by atoms with E-state index in [2.05, 4.69) is 9.99 Å². The van der Waals surface area contributed by atoms with E-state index >= 15 is 0 Å². The van der Waals surface area contributed by atoms with E-state index in [1.807, 2.05) is 0 Å². The molecule has 0 aliphatic carbocycles. The predicted molar refractivity (Wildman–Crippen MR) is 62.3 cm³/mol. The van der Waals surface area contributed by atoms with Gasteiger partial charge in [-0.3, -0.25) is 4.84 Å². The zero-order valence-corrected chi connectivity index (χ0v) is 9.67. The minimum absolute atomic E-state index is 0.218. The Morgan fingerprint density at radius 3 is 2.41 bits per heavy atom. The van der Waals surface area contributed by atoms with E-state index in [0.717, 1.165) is 0 Å². The molecule has 17 heavy (non-hydrogen) atoms. The number of methoxy groups -OCH3 is 1. The second kappa shape index (κ2) is 6.49. The van der Waals surface area contributed by atoms with Crippen LogP contribution in [0.3, 0.4) is 0 Å². The highest BCUT2D eigenvalue weighted by Gasteiger charge is 2.06. The van der Waals surface area contributed by atoms with Crippen molar-refractivity contribution < 1.29 is 19.1 Å². The monoisotopic (exact) mass is 238 g/mol. The third-order valence-corrected chi connectivity index (χ3v) is 1.83. The first-order chi connectivity index (χ1) is 8.15.